The van der Waals surface area contributed by atoms with E-state index in [1.165, 1.54) is 30.8 Å². The van der Waals surface area contributed by atoms with E-state index in [1.54, 1.807) is 12.1 Å². The topological polar surface area (TPSA) is 21.6 Å². The highest BCUT2D eigenvalue weighted by Gasteiger charge is 2.38. The van der Waals surface area contributed by atoms with E-state index in [0.29, 0.717) is 25.1 Å². The Bertz CT molecular complexity index is 937. The van der Waals surface area contributed by atoms with Gasteiger partial charge >= 0.3 is 12.4 Å². The van der Waals surface area contributed by atoms with E-state index in [4.69, 9.17) is 4.74 Å². The summed E-state index contributed by atoms with van der Waals surface area (Å²) in [7, 11) is 0. The Morgan fingerprint density at radius 2 is 1.53 bits per heavy atom. The molecular formula is C22H20F7NOS. The Hall–Kier alpha value is -2.07. The summed E-state index contributed by atoms with van der Waals surface area (Å²) < 4.78 is 98.6. The molecule has 0 bridgehead atoms. The summed E-state index contributed by atoms with van der Waals surface area (Å²) in [6.45, 7) is 1.73. The molecule has 32 heavy (non-hydrogen) atoms. The largest absolute Gasteiger partial charge is 0.416 e. The highest BCUT2D eigenvalue weighted by molar-refractivity contribution is 8.13. The summed E-state index contributed by atoms with van der Waals surface area (Å²) in [6.07, 6.45) is -9.31. The number of nitrogens with zero attached hydrogens (tertiary/aromatic N) is 1. The summed E-state index contributed by atoms with van der Waals surface area (Å²) in [5, 5.41) is 0.764. The van der Waals surface area contributed by atoms with Crippen LogP contribution in [0.15, 0.2) is 47.5 Å². The molecule has 0 saturated carbocycles. The number of hydrogen-bond acceptors (Lipinski definition) is 3. The third-order valence-electron chi connectivity index (χ3n) is 5.28. The highest BCUT2D eigenvalue weighted by atomic mass is 32.2. The van der Waals surface area contributed by atoms with Crippen LogP contribution in [0.3, 0.4) is 0 Å². The molecule has 0 aromatic heterocycles. The molecule has 0 fully saturated rings. The lowest BCUT2D eigenvalue weighted by molar-refractivity contribution is -0.143. The molecule has 3 rings (SSSR count). The van der Waals surface area contributed by atoms with E-state index < -0.39 is 41.5 Å². The van der Waals surface area contributed by atoms with Gasteiger partial charge in [-0.05, 0) is 54.6 Å². The van der Waals surface area contributed by atoms with Crippen LogP contribution < -0.4 is 0 Å². The molecule has 2 nitrogen and oxygen atoms in total. The van der Waals surface area contributed by atoms with Gasteiger partial charge in [-0.2, -0.15) is 26.3 Å². The van der Waals surface area contributed by atoms with Gasteiger partial charge in [-0.15, -0.1) is 11.8 Å². The van der Waals surface area contributed by atoms with E-state index in [-0.39, 0.29) is 17.5 Å². The fraction of sp³-hybridized carbons (Fsp3) is 0.409. The van der Waals surface area contributed by atoms with Crippen molar-refractivity contribution in [2.45, 2.75) is 43.8 Å². The lowest BCUT2D eigenvalue weighted by atomic mass is 9.89. The van der Waals surface area contributed by atoms with Crippen LogP contribution in [-0.4, -0.2) is 23.9 Å². The van der Waals surface area contributed by atoms with Gasteiger partial charge in [0.15, 0.2) is 0 Å². The first kappa shape index (κ1) is 24.6. The van der Waals surface area contributed by atoms with Crippen LogP contribution in [0.1, 0.15) is 47.6 Å². The zero-order valence-corrected chi connectivity index (χ0v) is 17.9. The predicted octanol–water partition coefficient (Wildman–Crippen LogP) is 7.26. The van der Waals surface area contributed by atoms with Gasteiger partial charge in [0, 0.05) is 18.9 Å². The zero-order valence-electron chi connectivity index (χ0n) is 17.1. The number of benzene rings is 2. The van der Waals surface area contributed by atoms with Crippen molar-refractivity contribution < 1.29 is 35.5 Å². The molecule has 2 aromatic carbocycles. The molecule has 1 aliphatic heterocycles. The second kappa shape index (κ2) is 9.43. The predicted molar refractivity (Wildman–Crippen MR) is 109 cm³/mol. The third-order valence-corrected chi connectivity index (χ3v) is 6.05. The van der Waals surface area contributed by atoms with Gasteiger partial charge in [-0.3, -0.25) is 4.99 Å². The van der Waals surface area contributed by atoms with Gasteiger partial charge in [0.05, 0.1) is 28.4 Å². The Morgan fingerprint density at radius 3 is 2.03 bits per heavy atom. The third kappa shape index (κ3) is 5.83. The number of rotatable bonds is 4. The van der Waals surface area contributed by atoms with Crippen LogP contribution in [0.25, 0.3) is 0 Å². The monoisotopic (exact) mass is 479 g/mol. The summed E-state index contributed by atoms with van der Waals surface area (Å²) >= 11 is 1.40. The lowest BCUT2D eigenvalue weighted by Gasteiger charge is -2.33. The molecule has 10 heteroatoms. The summed E-state index contributed by atoms with van der Waals surface area (Å²) in [5.41, 5.74) is -2.27. The first-order valence-corrected chi connectivity index (χ1v) is 10.9. The van der Waals surface area contributed by atoms with Crippen LogP contribution in [0.5, 0.6) is 0 Å². The van der Waals surface area contributed by atoms with Crippen molar-refractivity contribution in [1.29, 1.82) is 0 Å². The van der Waals surface area contributed by atoms with Crippen LogP contribution >= 0.6 is 11.8 Å². The van der Waals surface area contributed by atoms with Gasteiger partial charge in [0.25, 0.3) is 0 Å². The van der Waals surface area contributed by atoms with Gasteiger partial charge < -0.3 is 4.74 Å². The molecule has 0 radical (unpaired) electrons. The van der Waals surface area contributed by atoms with Crippen LogP contribution in [0.2, 0.25) is 0 Å². The van der Waals surface area contributed by atoms with Crippen LogP contribution in [-0.2, 0) is 17.1 Å². The quantitative estimate of drug-likeness (QED) is 0.431. The van der Waals surface area contributed by atoms with E-state index >= 15 is 0 Å². The molecule has 0 aliphatic carbocycles. The second-order valence-corrected chi connectivity index (χ2v) is 8.34. The minimum atomic E-state index is -4.93. The number of hydrogen-bond donors (Lipinski definition) is 0. The molecule has 174 valence electrons. The molecular weight excluding hydrogens is 459 g/mol. The SMILES string of the molecule is CSC1=NC[C@H](c2ccc(F)cc2)[C@@H](O[C@H](C)c2cc(C(F)(F)F)cc(C(F)(F)F)c2)C1. The molecule has 2 aromatic rings. The minimum absolute atomic E-state index is 0.0939. The van der Waals surface area contributed by atoms with E-state index in [0.717, 1.165) is 10.6 Å². The smallest absolute Gasteiger partial charge is 0.369 e. The van der Waals surface area contributed by atoms with Crippen molar-refractivity contribution in [1.82, 2.24) is 0 Å². The van der Waals surface area contributed by atoms with E-state index in [2.05, 4.69) is 4.99 Å². The Kier molecular flexibility index (Phi) is 7.24. The fourth-order valence-corrected chi connectivity index (χ4v) is 4.11. The Labute approximate surface area is 184 Å². The molecule has 0 saturated heterocycles. The van der Waals surface area contributed by atoms with Crippen molar-refractivity contribution in [2.24, 2.45) is 4.99 Å². The van der Waals surface area contributed by atoms with Gasteiger partial charge in [-0.1, -0.05) is 12.1 Å². The molecule has 1 aliphatic rings. The summed E-state index contributed by atoms with van der Waals surface area (Å²) in [5.74, 6) is -0.741. The molecule has 0 N–H and O–H groups in total. The fourth-order valence-electron chi connectivity index (χ4n) is 3.57. The van der Waals surface area contributed by atoms with E-state index in [9.17, 15) is 30.7 Å². The Balaban J connectivity index is 1.93. The average molecular weight is 479 g/mol. The van der Waals surface area contributed by atoms with Gasteiger partial charge in [-0.25, -0.2) is 4.39 Å². The maximum Gasteiger partial charge on any atom is 0.416 e. The standard InChI is InChI=1S/C22H20F7NOS/c1-12(14-7-15(21(24,25)26)9-16(8-14)22(27,28)29)31-19-10-20(32-2)30-11-18(19)13-3-5-17(23)6-4-13/h3-9,12,18-19H,10-11H2,1-2H3/t12-,18-,19+/m1/s1. The molecule has 0 unspecified atom stereocenters. The Morgan fingerprint density at radius 1 is 0.969 bits per heavy atom. The van der Waals surface area contributed by atoms with E-state index in [1.807, 2.05) is 6.26 Å². The number of ether oxygens (including phenoxy) is 1. The van der Waals surface area contributed by atoms with Crippen molar-refractivity contribution in [2.75, 3.05) is 12.8 Å². The number of alkyl halides is 6. The number of halogens is 7. The van der Waals surface area contributed by atoms with Crippen molar-refractivity contribution in [3.05, 3.63) is 70.5 Å². The second-order valence-electron chi connectivity index (χ2n) is 7.46. The maximum absolute atomic E-state index is 13.3. The normalized spacial score (nSPS) is 20.7. The summed E-state index contributed by atoms with van der Waals surface area (Å²) in [4.78, 5) is 4.46. The zero-order chi connectivity index (χ0) is 23.7. The van der Waals surface area contributed by atoms with Gasteiger partial charge in [0.1, 0.15) is 5.82 Å². The number of aliphatic imine (C=N–C) groups is 1. The maximum atomic E-state index is 13.3. The lowest BCUT2D eigenvalue weighted by Crippen LogP contribution is -2.32. The molecule has 0 spiro atoms. The van der Waals surface area contributed by atoms with Crippen LogP contribution in [0.4, 0.5) is 30.7 Å². The number of thioether (sulfide) groups is 1. The minimum Gasteiger partial charge on any atom is -0.369 e. The first-order chi connectivity index (χ1) is 14.9. The summed E-state index contributed by atoms with van der Waals surface area (Å²) in [6, 6.07) is 7.17. The molecule has 3 atom stereocenters. The molecule has 0 amide bonds. The average Bonchev–Trinajstić information content (AvgIpc) is 2.73. The van der Waals surface area contributed by atoms with Crippen molar-refractivity contribution in [3.63, 3.8) is 0 Å². The van der Waals surface area contributed by atoms with Crippen molar-refractivity contribution in [3.8, 4) is 0 Å². The van der Waals surface area contributed by atoms with Crippen LogP contribution in [0, 0.1) is 5.82 Å². The van der Waals surface area contributed by atoms with Crippen molar-refractivity contribution >= 4 is 16.8 Å². The molecule has 1 heterocycles. The van der Waals surface area contributed by atoms with Gasteiger partial charge in [0.2, 0.25) is 0 Å². The highest BCUT2D eigenvalue weighted by Crippen LogP contribution is 2.39. The first-order valence-electron chi connectivity index (χ1n) is 9.66.